The van der Waals surface area contributed by atoms with Gasteiger partial charge in [0.25, 0.3) is 41.2 Å². The zero-order chi connectivity index (χ0) is 44.4. The summed E-state index contributed by atoms with van der Waals surface area (Å²) in [6.45, 7) is 15.0. The van der Waals surface area contributed by atoms with Crippen LogP contribution in [0.5, 0.6) is 23.5 Å². The van der Waals surface area contributed by atoms with Crippen LogP contribution >= 0.6 is 0 Å². The van der Waals surface area contributed by atoms with Gasteiger partial charge in [-0.2, -0.15) is 9.97 Å². The highest BCUT2D eigenvalue weighted by atomic mass is 16.5. The van der Waals surface area contributed by atoms with Crippen molar-refractivity contribution in [2.24, 2.45) is 5.73 Å². The molecule has 324 valence electrons. The van der Waals surface area contributed by atoms with E-state index in [0.29, 0.717) is 79.4 Å². The molecular weight excluding hydrogens is 803 g/mol. The Hall–Kier alpha value is -7.77. The summed E-state index contributed by atoms with van der Waals surface area (Å²) in [6, 6.07) is 5.59. The Balaban J connectivity index is 0.000000175. The van der Waals surface area contributed by atoms with Crippen molar-refractivity contribution in [3.63, 3.8) is 0 Å². The minimum absolute atomic E-state index is 0. The molecule has 0 aliphatic rings. The molecular formula is C42H47N11O9. The fourth-order valence-corrected chi connectivity index (χ4v) is 6.43. The lowest BCUT2D eigenvalue weighted by molar-refractivity contribution is 0.100. The van der Waals surface area contributed by atoms with E-state index in [1.807, 2.05) is 53.7 Å². The summed E-state index contributed by atoms with van der Waals surface area (Å²) >= 11 is 0. The van der Waals surface area contributed by atoms with E-state index in [9.17, 15) is 14.4 Å². The van der Waals surface area contributed by atoms with Gasteiger partial charge < -0.3 is 43.7 Å². The first-order valence-corrected chi connectivity index (χ1v) is 18.5. The number of nitrogens with zero attached hydrogens (tertiary/aromatic N) is 8. The molecule has 4 N–H and O–H groups in total. The van der Waals surface area contributed by atoms with Gasteiger partial charge in [0.15, 0.2) is 11.6 Å². The molecule has 8 rings (SSSR count). The Morgan fingerprint density at radius 2 is 0.984 bits per heavy atom. The second-order valence-electron chi connectivity index (χ2n) is 13.8. The number of nitrogens with one attached hydrogen (secondary N) is 2. The molecule has 0 bridgehead atoms. The first-order chi connectivity index (χ1) is 29.0. The van der Waals surface area contributed by atoms with Crippen LogP contribution in [-0.4, -0.2) is 84.5 Å². The molecule has 0 unspecified atom stereocenters. The zero-order valence-corrected chi connectivity index (χ0v) is 35.6. The number of carbonyl (C=O) groups is 1. The summed E-state index contributed by atoms with van der Waals surface area (Å²) < 4.78 is 31.2. The number of carbonyl (C=O) groups excluding carboxylic acids is 1. The fraction of sp³-hybridized carbons (Fsp3) is 0.310. The van der Waals surface area contributed by atoms with Crippen LogP contribution in [0.15, 0.2) is 36.8 Å². The maximum Gasteiger partial charge on any atom is 0.314 e. The summed E-state index contributed by atoms with van der Waals surface area (Å²) in [4.78, 5) is 65.8. The molecule has 0 aliphatic heterocycles. The molecule has 0 atom stereocenters. The second kappa shape index (κ2) is 18.2. The largest absolute Gasteiger partial charge is 0.477 e. The number of H-pyrrole nitrogens is 2. The van der Waals surface area contributed by atoms with Crippen LogP contribution in [0.3, 0.4) is 0 Å². The molecule has 0 fully saturated rings. The lowest BCUT2D eigenvalue weighted by Crippen LogP contribution is -2.29. The highest BCUT2D eigenvalue weighted by molar-refractivity contribution is 6.06. The molecule has 1 amide bonds. The van der Waals surface area contributed by atoms with Gasteiger partial charge in [-0.15, -0.1) is 0 Å². The van der Waals surface area contributed by atoms with Gasteiger partial charge in [0.1, 0.15) is 11.0 Å². The number of hydrogen-bond donors (Lipinski definition) is 3. The molecule has 8 aromatic rings. The van der Waals surface area contributed by atoms with Crippen molar-refractivity contribution >= 4 is 39.0 Å². The predicted octanol–water partition coefficient (Wildman–Crippen LogP) is 5.81. The minimum atomic E-state index is -0.710. The second-order valence-corrected chi connectivity index (χ2v) is 13.8. The maximum atomic E-state index is 11.6. The standard InChI is InChI=1S/C15H16N4O3.C13H12N4O3.C13H15N3O3.CH4/c1-7-6-10-12(18-15(21-5)14(17-10)20-4)11(8(7)2)13-16-9(3)19-22-13;1-5-4-8-10(16-12(19)11(18)15-8)9(6(5)2)13-14-7(3)17-20-13;1-6-5-8-10(9(7(6)2)11(14)17)16-13(19-4)12(15-8)18-3;/h6H,1-5H3;4H,1-3H3,(H,15,18)(H,16,19);5H,1-4H3,(H2,14,17);1H4. The lowest BCUT2D eigenvalue weighted by atomic mass is 10.0. The van der Waals surface area contributed by atoms with E-state index in [-0.39, 0.29) is 19.2 Å². The Bertz CT molecular complexity index is 3110. The Labute approximate surface area is 354 Å². The number of fused-ring (bicyclic) bond motifs is 3. The van der Waals surface area contributed by atoms with Crippen LogP contribution in [0.4, 0.5) is 0 Å². The molecule has 62 heavy (non-hydrogen) atoms. The molecule has 3 aromatic carbocycles. The minimum Gasteiger partial charge on any atom is -0.477 e. The summed E-state index contributed by atoms with van der Waals surface area (Å²) in [6.07, 6.45) is 0. The van der Waals surface area contributed by atoms with Gasteiger partial charge >= 0.3 is 11.1 Å². The molecule has 0 saturated carbocycles. The van der Waals surface area contributed by atoms with Crippen molar-refractivity contribution in [3.8, 4) is 46.4 Å². The third kappa shape index (κ3) is 8.60. The van der Waals surface area contributed by atoms with E-state index in [4.69, 9.17) is 33.7 Å². The Morgan fingerprint density at radius 1 is 0.565 bits per heavy atom. The van der Waals surface area contributed by atoms with E-state index in [1.165, 1.54) is 28.4 Å². The summed E-state index contributed by atoms with van der Waals surface area (Å²) in [5.74, 6) is 2.42. The molecule has 0 saturated heterocycles. The van der Waals surface area contributed by atoms with Crippen molar-refractivity contribution in [2.45, 2.75) is 62.8 Å². The van der Waals surface area contributed by atoms with Crippen LogP contribution < -0.4 is 35.8 Å². The van der Waals surface area contributed by atoms with Gasteiger partial charge in [-0.05, 0) is 107 Å². The van der Waals surface area contributed by atoms with Crippen molar-refractivity contribution in [1.82, 2.24) is 50.2 Å². The highest BCUT2D eigenvalue weighted by Crippen LogP contribution is 2.35. The molecule has 5 heterocycles. The molecule has 20 nitrogen and oxygen atoms in total. The van der Waals surface area contributed by atoms with Crippen LogP contribution in [0.25, 0.3) is 56.0 Å². The third-order valence-electron chi connectivity index (χ3n) is 9.88. The van der Waals surface area contributed by atoms with Crippen LogP contribution in [-0.2, 0) is 0 Å². The van der Waals surface area contributed by atoms with Crippen LogP contribution in [0.1, 0.15) is 62.8 Å². The summed E-state index contributed by atoms with van der Waals surface area (Å²) in [7, 11) is 6.00. The molecule has 0 aliphatic carbocycles. The topological polar surface area (TPSA) is 275 Å². The molecule has 0 spiro atoms. The van der Waals surface area contributed by atoms with Crippen molar-refractivity contribution in [1.29, 1.82) is 0 Å². The average Bonchev–Trinajstić information content (AvgIpc) is 3.86. The molecule has 0 radical (unpaired) electrons. The van der Waals surface area contributed by atoms with Gasteiger partial charge in [0.2, 0.25) is 0 Å². The van der Waals surface area contributed by atoms with Gasteiger partial charge in [-0.3, -0.25) is 14.4 Å². The van der Waals surface area contributed by atoms with Crippen molar-refractivity contribution in [2.75, 3.05) is 28.4 Å². The number of aryl methyl sites for hydroxylation is 5. The summed E-state index contributed by atoms with van der Waals surface area (Å²) in [5, 5.41) is 7.62. The SMILES string of the molecule is C.COc1nc2cc(C)c(C)c(-c3nc(C)no3)c2nc1OC.COc1nc2cc(C)c(C)c(C(N)=O)c2nc1OC.Cc1noc(-c2c(C)c(C)cc3[nH]c(=O)c(=O)[nH]c23)n1. The maximum absolute atomic E-state index is 11.6. The van der Waals surface area contributed by atoms with Gasteiger partial charge in [0.05, 0.1) is 67.2 Å². The number of amides is 1. The third-order valence-corrected chi connectivity index (χ3v) is 9.88. The van der Waals surface area contributed by atoms with E-state index in [2.05, 4.69) is 50.2 Å². The van der Waals surface area contributed by atoms with E-state index >= 15 is 0 Å². The number of hydrogen-bond acceptors (Lipinski definition) is 17. The first-order valence-electron chi connectivity index (χ1n) is 18.5. The smallest absolute Gasteiger partial charge is 0.314 e. The van der Waals surface area contributed by atoms with Gasteiger partial charge in [0, 0.05) is 0 Å². The Morgan fingerprint density at radius 3 is 1.47 bits per heavy atom. The number of primary amides is 1. The monoisotopic (exact) mass is 849 g/mol. The van der Waals surface area contributed by atoms with Crippen LogP contribution in [0, 0.1) is 55.4 Å². The van der Waals surface area contributed by atoms with Gasteiger partial charge in [-0.1, -0.05) is 17.7 Å². The van der Waals surface area contributed by atoms with E-state index in [1.54, 1.807) is 19.9 Å². The fourth-order valence-electron chi connectivity index (χ4n) is 6.43. The molecule has 5 aromatic heterocycles. The highest BCUT2D eigenvalue weighted by Gasteiger charge is 2.22. The van der Waals surface area contributed by atoms with Crippen LogP contribution in [0.2, 0.25) is 0 Å². The number of aromatic amines is 2. The number of benzene rings is 3. The number of rotatable bonds is 7. The quantitative estimate of drug-likeness (QED) is 0.159. The normalized spacial score (nSPS) is 10.7. The van der Waals surface area contributed by atoms with Crippen molar-refractivity contribution < 1.29 is 32.8 Å². The predicted molar refractivity (Wildman–Crippen MR) is 230 cm³/mol. The number of ether oxygens (including phenoxy) is 4. The molecule has 20 heteroatoms. The average molecular weight is 850 g/mol. The number of aromatic nitrogens is 10. The first kappa shape index (κ1) is 45.3. The Kier molecular flexibility index (Phi) is 13.3. The van der Waals surface area contributed by atoms with Crippen molar-refractivity contribution in [3.05, 3.63) is 89.5 Å². The van der Waals surface area contributed by atoms with E-state index in [0.717, 1.165) is 38.9 Å². The lowest BCUT2D eigenvalue weighted by Gasteiger charge is -2.12. The number of nitrogens with two attached hydrogens (primary N) is 1. The summed E-state index contributed by atoms with van der Waals surface area (Å²) in [5.41, 5.74) is 14.8. The van der Waals surface area contributed by atoms with Gasteiger partial charge in [-0.25, -0.2) is 19.9 Å². The number of methoxy groups -OCH3 is 4. The van der Waals surface area contributed by atoms with E-state index < -0.39 is 17.0 Å². The zero-order valence-electron chi connectivity index (χ0n) is 35.6.